The van der Waals surface area contributed by atoms with Gasteiger partial charge in [-0.05, 0) is 68.1 Å². The van der Waals surface area contributed by atoms with Crippen molar-refractivity contribution < 1.29 is 13.9 Å². The Morgan fingerprint density at radius 3 is 2.25 bits per heavy atom. The van der Waals surface area contributed by atoms with E-state index in [1.807, 2.05) is 39.8 Å². The monoisotopic (exact) mass is 329 g/mol. The van der Waals surface area contributed by atoms with Gasteiger partial charge in [-0.15, -0.1) is 0 Å². The van der Waals surface area contributed by atoms with Gasteiger partial charge in [0, 0.05) is 0 Å². The van der Waals surface area contributed by atoms with E-state index in [0.29, 0.717) is 12.2 Å². The second kappa shape index (κ2) is 7.95. The summed E-state index contributed by atoms with van der Waals surface area (Å²) in [5, 5.41) is 2.93. The van der Waals surface area contributed by atoms with E-state index in [9.17, 15) is 9.18 Å². The molecule has 2 aromatic carbocycles. The molecule has 0 aliphatic heterocycles. The highest BCUT2D eigenvalue weighted by Gasteiger charge is 2.21. The third-order valence-corrected chi connectivity index (χ3v) is 3.87. The average molecular weight is 329 g/mol. The van der Waals surface area contributed by atoms with Crippen molar-refractivity contribution in [2.45, 2.75) is 46.3 Å². The van der Waals surface area contributed by atoms with Crippen LogP contribution in [0.25, 0.3) is 0 Å². The van der Waals surface area contributed by atoms with Crippen LogP contribution in [0, 0.1) is 19.7 Å². The van der Waals surface area contributed by atoms with Crippen LogP contribution in [0.2, 0.25) is 0 Å². The quantitative estimate of drug-likeness (QED) is 0.849. The van der Waals surface area contributed by atoms with Crippen LogP contribution in [0.1, 0.15) is 43.0 Å². The van der Waals surface area contributed by atoms with Crippen molar-refractivity contribution in [2.24, 2.45) is 0 Å². The Kier molecular flexibility index (Phi) is 5.96. The highest BCUT2D eigenvalue weighted by Crippen LogP contribution is 2.19. The Balaban J connectivity index is 2.04. The Bertz CT molecular complexity index is 677. The van der Waals surface area contributed by atoms with Gasteiger partial charge >= 0.3 is 0 Å². The van der Waals surface area contributed by atoms with Crippen molar-refractivity contribution in [3.8, 4) is 5.75 Å². The molecule has 0 radical (unpaired) electrons. The molecular weight excluding hydrogens is 305 g/mol. The first-order valence-electron chi connectivity index (χ1n) is 8.20. The van der Waals surface area contributed by atoms with Crippen molar-refractivity contribution in [3.63, 3.8) is 0 Å². The van der Waals surface area contributed by atoms with Crippen LogP contribution < -0.4 is 10.1 Å². The summed E-state index contributed by atoms with van der Waals surface area (Å²) in [4.78, 5) is 12.5. The van der Waals surface area contributed by atoms with Crippen molar-refractivity contribution in [3.05, 3.63) is 65.0 Å². The maximum Gasteiger partial charge on any atom is 0.261 e. The summed E-state index contributed by atoms with van der Waals surface area (Å²) in [5.74, 6) is 0.235. The van der Waals surface area contributed by atoms with E-state index in [-0.39, 0.29) is 17.8 Å². The number of carbonyl (C=O) groups excluding carboxylic acids is 1. The predicted molar refractivity (Wildman–Crippen MR) is 93.6 cm³/mol. The van der Waals surface area contributed by atoms with E-state index in [1.54, 1.807) is 12.1 Å². The molecule has 0 saturated carbocycles. The van der Waals surface area contributed by atoms with Gasteiger partial charge in [-0.1, -0.05) is 25.1 Å². The topological polar surface area (TPSA) is 38.3 Å². The van der Waals surface area contributed by atoms with Crippen molar-refractivity contribution >= 4 is 5.91 Å². The number of rotatable bonds is 6. The molecule has 4 heteroatoms. The number of amides is 1. The predicted octanol–water partition coefficient (Wildman–Crippen LogP) is 4.48. The lowest BCUT2D eigenvalue weighted by molar-refractivity contribution is -0.128. The molecule has 0 spiro atoms. The summed E-state index contributed by atoms with van der Waals surface area (Å²) in [6, 6.07) is 11.8. The summed E-state index contributed by atoms with van der Waals surface area (Å²) in [7, 11) is 0. The van der Waals surface area contributed by atoms with Gasteiger partial charge in [0.25, 0.3) is 5.91 Å². The first kappa shape index (κ1) is 18.0. The lowest BCUT2D eigenvalue weighted by Gasteiger charge is -2.21. The fraction of sp³-hybridized carbons (Fsp3) is 0.350. The van der Waals surface area contributed by atoms with E-state index in [0.717, 1.165) is 16.7 Å². The molecule has 24 heavy (non-hydrogen) atoms. The van der Waals surface area contributed by atoms with Crippen LogP contribution in [-0.4, -0.2) is 12.0 Å². The molecule has 2 unspecified atom stereocenters. The molecule has 1 amide bonds. The summed E-state index contributed by atoms with van der Waals surface area (Å²) < 4.78 is 18.9. The van der Waals surface area contributed by atoms with E-state index < -0.39 is 6.10 Å². The number of ether oxygens (including phenoxy) is 1. The van der Waals surface area contributed by atoms with Gasteiger partial charge in [0.15, 0.2) is 6.10 Å². The fourth-order valence-electron chi connectivity index (χ4n) is 2.63. The number of hydrogen-bond donors (Lipinski definition) is 1. The fourth-order valence-corrected chi connectivity index (χ4v) is 2.63. The van der Waals surface area contributed by atoms with Gasteiger partial charge in [-0.25, -0.2) is 4.39 Å². The minimum absolute atomic E-state index is 0.173. The first-order valence-corrected chi connectivity index (χ1v) is 8.20. The van der Waals surface area contributed by atoms with E-state index >= 15 is 0 Å². The molecule has 2 aromatic rings. The maximum atomic E-state index is 13.0. The second-order valence-electron chi connectivity index (χ2n) is 6.12. The van der Waals surface area contributed by atoms with E-state index in [4.69, 9.17) is 4.74 Å². The zero-order valence-electron chi connectivity index (χ0n) is 14.6. The standard InChI is InChI=1S/C20H24FNO2/c1-5-19(24-18-11-13(2)10-14(3)12-18)20(23)22-15(4)16-6-8-17(21)9-7-16/h6-12,15,19H,5H2,1-4H3,(H,22,23). The van der Waals surface area contributed by atoms with E-state index in [2.05, 4.69) is 11.4 Å². The molecule has 0 saturated heterocycles. The first-order chi connectivity index (χ1) is 11.4. The number of benzene rings is 2. The Labute approximate surface area is 142 Å². The molecule has 0 heterocycles. The zero-order valence-corrected chi connectivity index (χ0v) is 14.6. The third-order valence-electron chi connectivity index (χ3n) is 3.87. The Hall–Kier alpha value is -2.36. The van der Waals surface area contributed by atoms with Crippen LogP contribution in [0.15, 0.2) is 42.5 Å². The maximum absolute atomic E-state index is 13.0. The third kappa shape index (κ3) is 4.82. The normalized spacial score (nSPS) is 13.2. The van der Waals surface area contributed by atoms with Crippen LogP contribution in [0.3, 0.4) is 0 Å². The molecule has 0 aliphatic rings. The molecule has 0 bridgehead atoms. The van der Waals surface area contributed by atoms with Crippen LogP contribution >= 0.6 is 0 Å². The Morgan fingerprint density at radius 2 is 1.71 bits per heavy atom. The van der Waals surface area contributed by atoms with Crippen LogP contribution in [-0.2, 0) is 4.79 Å². The largest absolute Gasteiger partial charge is 0.481 e. The molecule has 0 fully saturated rings. The molecule has 2 rings (SSSR count). The van der Waals surface area contributed by atoms with Gasteiger partial charge in [-0.3, -0.25) is 4.79 Å². The SMILES string of the molecule is CCC(Oc1cc(C)cc(C)c1)C(=O)NC(C)c1ccc(F)cc1. The van der Waals surface area contributed by atoms with Crippen molar-refractivity contribution in [1.82, 2.24) is 5.32 Å². The highest BCUT2D eigenvalue weighted by molar-refractivity contribution is 5.81. The highest BCUT2D eigenvalue weighted by atomic mass is 19.1. The van der Waals surface area contributed by atoms with Gasteiger partial charge in [0.2, 0.25) is 0 Å². The molecule has 0 aliphatic carbocycles. The lowest BCUT2D eigenvalue weighted by Crippen LogP contribution is -2.39. The minimum atomic E-state index is -0.561. The van der Waals surface area contributed by atoms with Gasteiger partial charge in [0.1, 0.15) is 11.6 Å². The molecule has 0 aromatic heterocycles. The summed E-state index contributed by atoms with van der Waals surface area (Å²) >= 11 is 0. The van der Waals surface area contributed by atoms with E-state index in [1.165, 1.54) is 12.1 Å². The summed E-state index contributed by atoms with van der Waals surface area (Å²) in [6.07, 6.45) is 0.00343. The molecule has 3 nitrogen and oxygen atoms in total. The Morgan fingerprint density at radius 1 is 1.12 bits per heavy atom. The smallest absolute Gasteiger partial charge is 0.261 e. The molecule has 2 atom stereocenters. The number of aryl methyl sites for hydroxylation is 2. The van der Waals surface area contributed by atoms with Gasteiger partial charge in [-0.2, -0.15) is 0 Å². The summed E-state index contributed by atoms with van der Waals surface area (Å²) in [6.45, 7) is 7.78. The molecule has 1 N–H and O–H groups in total. The van der Waals surface area contributed by atoms with Gasteiger partial charge < -0.3 is 10.1 Å². The minimum Gasteiger partial charge on any atom is -0.481 e. The van der Waals surface area contributed by atoms with Crippen LogP contribution in [0.4, 0.5) is 4.39 Å². The van der Waals surface area contributed by atoms with Crippen LogP contribution in [0.5, 0.6) is 5.75 Å². The molecular formula is C20H24FNO2. The van der Waals surface area contributed by atoms with Crippen molar-refractivity contribution in [2.75, 3.05) is 0 Å². The average Bonchev–Trinajstić information content (AvgIpc) is 2.52. The lowest BCUT2D eigenvalue weighted by atomic mass is 10.1. The number of hydrogen-bond acceptors (Lipinski definition) is 2. The second-order valence-corrected chi connectivity index (χ2v) is 6.12. The zero-order chi connectivity index (χ0) is 17.7. The van der Waals surface area contributed by atoms with Crippen molar-refractivity contribution in [1.29, 1.82) is 0 Å². The summed E-state index contributed by atoms with van der Waals surface area (Å²) in [5.41, 5.74) is 3.05. The molecule has 128 valence electrons. The number of carbonyl (C=O) groups is 1. The number of nitrogens with one attached hydrogen (secondary N) is 1. The van der Waals surface area contributed by atoms with Gasteiger partial charge in [0.05, 0.1) is 6.04 Å². The number of halogens is 1.